The summed E-state index contributed by atoms with van der Waals surface area (Å²) in [6, 6.07) is 15.7. The number of aromatic nitrogens is 1. The van der Waals surface area contributed by atoms with Crippen LogP contribution in [0.25, 0.3) is 0 Å². The number of amides is 1. The molecular weight excluding hydrogens is 260 g/mol. The average Bonchev–Trinajstić information content (AvgIpc) is 2.58. The van der Waals surface area contributed by atoms with Crippen LogP contribution in [0, 0.1) is 0 Å². The molecule has 1 aliphatic rings. The molecule has 1 atom stereocenters. The third-order valence-corrected chi connectivity index (χ3v) is 4.03. The molecule has 1 fully saturated rings. The number of rotatable bonds is 3. The van der Waals surface area contributed by atoms with Gasteiger partial charge in [0.05, 0.1) is 5.69 Å². The van der Waals surface area contributed by atoms with E-state index in [1.54, 1.807) is 6.20 Å². The van der Waals surface area contributed by atoms with Crippen molar-refractivity contribution >= 4 is 5.91 Å². The minimum Gasteiger partial charge on any atom is -0.342 e. The van der Waals surface area contributed by atoms with Gasteiger partial charge in [-0.25, -0.2) is 0 Å². The number of nitrogens with zero attached hydrogens (tertiary/aromatic N) is 2. The summed E-state index contributed by atoms with van der Waals surface area (Å²) in [6.45, 7) is 1.74. The highest BCUT2D eigenvalue weighted by Crippen LogP contribution is 2.26. The topological polar surface area (TPSA) is 33.2 Å². The summed E-state index contributed by atoms with van der Waals surface area (Å²) < 4.78 is 0. The lowest BCUT2D eigenvalue weighted by Crippen LogP contribution is -2.39. The van der Waals surface area contributed by atoms with Crippen molar-refractivity contribution in [3.8, 4) is 0 Å². The smallest absolute Gasteiger partial charge is 0.236 e. The predicted octanol–water partition coefficient (Wildman–Crippen LogP) is 3.23. The zero-order chi connectivity index (χ0) is 14.5. The van der Waals surface area contributed by atoms with E-state index in [9.17, 15) is 4.79 Å². The maximum absolute atomic E-state index is 13.0. The first-order valence-corrected chi connectivity index (χ1v) is 7.61. The molecule has 0 saturated carbocycles. The van der Waals surface area contributed by atoms with Gasteiger partial charge in [-0.05, 0) is 37.0 Å². The molecule has 1 amide bonds. The molecular formula is C18H20N2O. The van der Waals surface area contributed by atoms with Gasteiger partial charge in [0, 0.05) is 19.3 Å². The molecule has 1 saturated heterocycles. The summed E-state index contributed by atoms with van der Waals surface area (Å²) in [5.41, 5.74) is 1.85. The maximum Gasteiger partial charge on any atom is 0.236 e. The lowest BCUT2D eigenvalue weighted by Gasteiger charge is -2.30. The number of piperidine rings is 1. The van der Waals surface area contributed by atoms with Crippen molar-refractivity contribution in [1.29, 1.82) is 0 Å². The Labute approximate surface area is 125 Å². The molecule has 1 unspecified atom stereocenters. The van der Waals surface area contributed by atoms with E-state index in [1.807, 2.05) is 53.4 Å². The quantitative estimate of drug-likeness (QED) is 0.865. The average molecular weight is 280 g/mol. The minimum atomic E-state index is -0.287. The first-order valence-electron chi connectivity index (χ1n) is 7.61. The SMILES string of the molecule is O=C(C(c1ccccc1)c1ccccn1)N1CCCCC1. The summed E-state index contributed by atoms with van der Waals surface area (Å²) >= 11 is 0. The molecule has 0 N–H and O–H groups in total. The van der Waals surface area contributed by atoms with Crippen LogP contribution in [0.2, 0.25) is 0 Å². The van der Waals surface area contributed by atoms with E-state index >= 15 is 0 Å². The zero-order valence-corrected chi connectivity index (χ0v) is 12.1. The van der Waals surface area contributed by atoms with Gasteiger partial charge in [-0.1, -0.05) is 36.4 Å². The second kappa shape index (κ2) is 6.53. The van der Waals surface area contributed by atoms with E-state index in [2.05, 4.69) is 4.98 Å². The Balaban J connectivity index is 1.94. The third-order valence-electron chi connectivity index (χ3n) is 4.03. The molecule has 1 aromatic heterocycles. The van der Waals surface area contributed by atoms with Crippen molar-refractivity contribution in [2.75, 3.05) is 13.1 Å². The van der Waals surface area contributed by atoms with E-state index in [0.717, 1.165) is 37.2 Å². The monoisotopic (exact) mass is 280 g/mol. The van der Waals surface area contributed by atoms with Crippen LogP contribution in [0.15, 0.2) is 54.7 Å². The van der Waals surface area contributed by atoms with Crippen LogP contribution in [0.5, 0.6) is 0 Å². The Morgan fingerprint density at radius 3 is 2.33 bits per heavy atom. The van der Waals surface area contributed by atoms with Crippen LogP contribution < -0.4 is 0 Å². The summed E-state index contributed by atoms with van der Waals surface area (Å²) in [6.07, 6.45) is 5.20. The summed E-state index contributed by atoms with van der Waals surface area (Å²) in [5, 5.41) is 0. The number of likely N-dealkylation sites (tertiary alicyclic amines) is 1. The van der Waals surface area contributed by atoms with E-state index in [1.165, 1.54) is 6.42 Å². The molecule has 0 bridgehead atoms. The highest BCUT2D eigenvalue weighted by Gasteiger charge is 2.29. The van der Waals surface area contributed by atoms with Crippen molar-refractivity contribution in [3.63, 3.8) is 0 Å². The van der Waals surface area contributed by atoms with Crippen LogP contribution in [0.1, 0.15) is 36.4 Å². The predicted molar refractivity (Wildman–Crippen MR) is 83.0 cm³/mol. The third kappa shape index (κ3) is 3.13. The van der Waals surface area contributed by atoms with Gasteiger partial charge < -0.3 is 4.90 Å². The zero-order valence-electron chi connectivity index (χ0n) is 12.1. The number of benzene rings is 1. The Morgan fingerprint density at radius 2 is 1.67 bits per heavy atom. The van der Waals surface area contributed by atoms with Gasteiger partial charge in [0.15, 0.2) is 0 Å². The van der Waals surface area contributed by atoms with E-state index in [0.29, 0.717) is 0 Å². The number of carbonyl (C=O) groups excluding carboxylic acids is 1. The molecule has 108 valence electrons. The second-order valence-corrected chi connectivity index (χ2v) is 5.48. The number of pyridine rings is 1. The van der Waals surface area contributed by atoms with E-state index < -0.39 is 0 Å². The number of hydrogen-bond acceptors (Lipinski definition) is 2. The molecule has 2 aromatic rings. The van der Waals surface area contributed by atoms with Crippen molar-refractivity contribution in [3.05, 3.63) is 66.0 Å². The highest BCUT2D eigenvalue weighted by atomic mass is 16.2. The van der Waals surface area contributed by atoms with Crippen LogP contribution in [-0.4, -0.2) is 28.9 Å². The van der Waals surface area contributed by atoms with Crippen LogP contribution in [0.4, 0.5) is 0 Å². The fourth-order valence-corrected chi connectivity index (χ4v) is 2.93. The molecule has 0 spiro atoms. The minimum absolute atomic E-state index is 0.180. The molecule has 2 heterocycles. The standard InChI is InChI=1S/C18H20N2O/c21-18(20-13-7-2-8-14-20)17(15-9-3-1-4-10-15)16-11-5-6-12-19-16/h1,3-6,9-12,17H,2,7-8,13-14H2. The molecule has 0 radical (unpaired) electrons. The van der Waals surface area contributed by atoms with E-state index in [-0.39, 0.29) is 11.8 Å². The summed E-state index contributed by atoms with van der Waals surface area (Å²) in [5.74, 6) is -0.106. The number of hydrogen-bond donors (Lipinski definition) is 0. The maximum atomic E-state index is 13.0. The molecule has 3 rings (SSSR count). The molecule has 3 nitrogen and oxygen atoms in total. The van der Waals surface area contributed by atoms with Gasteiger partial charge in [0.2, 0.25) is 5.91 Å². The molecule has 1 aliphatic heterocycles. The van der Waals surface area contributed by atoms with Gasteiger partial charge >= 0.3 is 0 Å². The lowest BCUT2D eigenvalue weighted by atomic mass is 9.93. The molecule has 1 aromatic carbocycles. The van der Waals surface area contributed by atoms with Crippen molar-refractivity contribution in [2.24, 2.45) is 0 Å². The first-order chi connectivity index (χ1) is 10.4. The largest absolute Gasteiger partial charge is 0.342 e. The van der Waals surface area contributed by atoms with Gasteiger partial charge in [-0.2, -0.15) is 0 Å². The van der Waals surface area contributed by atoms with Gasteiger partial charge in [-0.3, -0.25) is 9.78 Å². The number of carbonyl (C=O) groups is 1. The highest BCUT2D eigenvalue weighted by molar-refractivity contribution is 5.86. The van der Waals surface area contributed by atoms with Gasteiger partial charge in [-0.15, -0.1) is 0 Å². The molecule has 3 heteroatoms. The summed E-state index contributed by atoms with van der Waals surface area (Å²) in [7, 11) is 0. The Hall–Kier alpha value is -2.16. The van der Waals surface area contributed by atoms with Crippen LogP contribution in [0.3, 0.4) is 0 Å². The second-order valence-electron chi connectivity index (χ2n) is 5.48. The first kappa shape index (κ1) is 13.8. The van der Waals surface area contributed by atoms with Crippen molar-refractivity contribution in [1.82, 2.24) is 9.88 Å². The van der Waals surface area contributed by atoms with Gasteiger partial charge in [0.25, 0.3) is 0 Å². The Bertz CT molecular complexity index is 537. The van der Waals surface area contributed by atoms with Crippen molar-refractivity contribution in [2.45, 2.75) is 25.2 Å². The lowest BCUT2D eigenvalue weighted by molar-refractivity contribution is -0.132. The van der Waals surface area contributed by atoms with E-state index in [4.69, 9.17) is 0 Å². The normalized spacial score (nSPS) is 16.5. The van der Waals surface area contributed by atoms with Crippen molar-refractivity contribution < 1.29 is 4.79 Å². The Morgan fingerprint density at radius 1 is 0.952 bits per heavy atom. The summed E-state index contributed by atoms with van der Waals surface area (Å²) in [4.78, 5) is 19.4. The fraction of sp³-hybridized carbons (Fsp3) is 0.333. The fourth-order valence-electron chi connectivity index (χ4n) is 2.93. The van der Waals surface area contributed by atoms with Crippen LogP contribution >= 0.6 is 0 Å². The Kier molecular flexibility index (Phi) is 4.29. The molecule has 0 aliphatic carbocycles. The van der Waals surface area contributed by atoms with Gasteiger partial charge in [0.1, 0.15) is 5.92 Å². The molecule has 21 heavy (non-hydrogen) atoms. The van der Waals surface area contributed by atoms with Crippen LogP contribution in [-0.2, 0) is 4.79 Å².